The van der Waals surface area contributed by atoms with Crippen LogP contribution in [0.5, 0.6) is 0 Å². The van der Waals surface area contributed by atoms with Gasteiger partial charge in [0.15, 0.2) is 0 Å². The summed E-state index contributed by atoms with van der Waals surface area (Å²) in [6, 6.07) is 4.64. The van der Waals surface area contributed by atoms with Crippen LogP contribution in [0.4, 0.5) is 10.1 Å². The molecule has 1 aromatic carbocycles. The van der Waals surface area contributed by atoms with E-state index in [0.29, 0.717) is 11.7 Å². The first kappa shape index (κ1) is 14.4. The fourth-order valence-electron chi connectivity index (χ4n) is 3.50. The van der Waals surface area contributed by atoms with Crippen molar-refractivity contribution >= 4 is 11.7 Å². The van der Waals surface area contributed by atoms with Gasteiger partial charge in [-0.2, -0.15) is 0 Å². The Morgan fingerprint density at radius 1 is 1.24 bits per heavy atom. The minimum absolute atomic E-state index is 0.283. The van der Waals surface area contributed by atoms with E-state index in [2.05, 4.69) is 5.32 Å². The Kier molecular flexibility index (Phi) is 4.13. The van der Waals surface area contributed by atoms with E-state index in [-0.39, 0.29) is 5.56 Å². The monoisotopic (exact) mass is 291 g/mol. The third-order valence-electron chi connectivity index (χ3n) is 4.75. The van der Waals surface area contributed by atoms with E-state index >= 15 is 0 Å². The van der Waals surface area contributed by atoms with Crippen molar-refractivity contribution in [3.05, 3.63) is 29.6 Å². The lowest BCUT2D eigenvalue weighted by atomic mass is 9.82. The smallest absolute Gasteiger partial charge is 0.340 e. The van der Waals surface area contributed by atoms with Gasteiger partial charge in [-0.3, -0.25) is 0 Å². The normalized spacial score (nSPS) is 25.4. The van der Waals surface area contributed by atoms with Crippen molar-refractivity contribution in [1.82, 2.24) is 0 Å². The van der Waals surface area contributed by atoms with Crippen LogP contribution in [0, 0.1) is 17.7 Å². The Hall–Kier alpha value is -1.58. The van der Waals surface area contributed by atoms with Crippen LogP contribution >= 0.6 is 0 Å². The number of hydrogen-bond acceptors (Lipinski definition) is 3. The first-order chi connectivity index (χ1) is 10.2. The van der Waals surface area contributed by atoms with E-state index in [1.54, 1.807) is 6.07 Å². The zero-order valence-electron chi connectivity index (χ0n) is 12.4. The molecule has 0 radical (unpaired) electrons. The molecule has 1 aromatic rings. The SMILES string of the molecule is COC(=O)c1cc(F)ccc1NC1CCCC(C2CC2)C1. The summed E-state index contributed by atoms with van der Waals surface area (Å²) in [5.74, 6) is 0.827. The van der Waals surface area contributed by atoms with E-state index in [1.807, 2.05) is 0 Å². The van der Waals surface area contributed by atoms with E-state index in [4.69, 9.17) is 4.74 Å². The summed E-state index contributed by atoms with van der Waals surface area (Å²) < 4.78 is 18.1. The summed E-state index contributed by atoms with van der Waals surface area (Å²) in [6.45, 7) is 0. The molecule has 2 aliphatic carbocycles. The predicted octanol–water partition coefficient (Wildman–Crippen LogP) is 3.99. The Morgan fingerprint density at radius 2 is 2.05 bits per heavy atom. The number of rotatable bonds is 4. The maximum atomic E-state index is 13.4. The third-order valence-corrected chi connectivity index (χ3v) is 4.75. The van der Waals surface area contributed by atoms with Crippen LogP contribution in [0.1, 0.15) is 48.9 Å². The summed E-state index contributed by atoms with van der Waals surface area (Å²) in [5, 5.41) is 3.44. The molecule has 2 fully saturated rings. The molecule has 2 unspecified atom stereocenters. The molecule has 114 valence electrons. The summed E-state index contributed by atoms with van der Waals surface area (Å²) >= 11 is 0. The van der Waals surface area contributed by atoms with Crippen molar-refractivity contribution in [2.75, 3.05) is 12.4 Å². The van der Waals surface area contributed by atoms with Gasteiger partial charge in [-0.25, -0.2) is 9.18 Å². The van der Waals surface area contributed by atoms with Crippen LogP contribution in [0.15, 0.2) is 18.2 Å². The minimum Gasteiger partial charge on any atom is -0.465 e. The van der Waals surface area contributed by atoms with Gasteiger partial charge in [0.25, 0.3) is 0 Å². The molecule has 1 N–H and O–H groups in total. The number of carbonyl (C=O) groups excluding carboxylic acids is 1. The minimum atomic E-state index is -0.494. The van der Waals surface area contributed by atoms with Gasteiger partial charge in [-0.1, -0.05) is 12.8 Å². The number of benzene rings is 1. The van der Waals surface area contributed by atoms with Gasteiger partial charge in [0, 0.05) is 11.7 Å². The fourth-order valence-corrected chi connectivity index (χ4v) is 3.50. The second kappa shape index (κ2) is 6.04. The van der Waals surface area contributed by atoms with Gasteiger partial charge in [-0.15, -0.1) is 0 Å². The second-order valence-corrected chi connectivity index (χ2v) is 6.29. The lowest BCUT2D eigenvalue weighted by Gasteiger charge is -2.31. The molecule has 0 heterocycles. The number of methoxy groups -OCH3 is 1. The maximum Gasteiger partial charge on any atom is 0.340 e. The number of anilines is 1. The van der Waals surface area contributed by atoms with Crippen molar-refractivity contribution in [3.8, 4) is 0 Å². The van der Waals surface area contributed by atoms with Crippen molar-refractivity contribution in [3.63, 3.8) is 0 Å². The van der Waals surface area contributed by atoms with Crippen LogP contribution in [-0.4, -0.2) is 19.1 Å². The third kappa shape index (κ3) is 3.36. The van der Waals surface area contributed by atoms with E-state index in [9.17, 15) is 9.18 Å². The summed E-state index contributed by atoms with van der Waals surface area (Å²) in [7, 11) is 1.32. The highest BCUT2D eigenvalue weighted by atomic mass is 19.1. The summed E-state index contributed by atoms with van der Waals surface area (Å²) in [5.41, 5.74) is 0.968. The average molecular weight is 291 g/mol. The number of nitrogens with one attached hydrogen (secondary N) is 1. The zero-order valence-corrected chi connectivity index (χ0v) is 12.4. The molecule has 0 saturated heterocycles. The van der Waals surface area contributed by atoms with Crippen molar-refractivity contribution in [1.29, 1.82) is 0 Å². The van der Waals surface area contributed by atoms with Crippen LogP contribution in [0.3, 0.4) is 0 Å². The van der Waals surface area contributed by atoms with Crippen LogP contribution in [0.2, 0.25) is 0 Å². The van der Waals surface area contributed by atoms with E-state index < -0.39 is 11.8 Å². The Balaban J connectivity index is 1.72. The predicted molar refractivity (Wildman–Crippen MR) is 79.8 cm³/mol. The average Bonchev–Trinajstić information content (AvgIpc) is 3.33. The molecule has 0 aliphatic heterocycles. The number of hydrogen-bond donors (Lipinski definition) is 1. The second-order valence-electron chi connectivity index (χ2n) is 6.29. The molecule has 2 atom stereocenters. The molecule has 4 heteroatoms. The van der Waals surface area contributed by atoms with Gasteiger partial charge < -0.3 is 10.1 Å². The lowest BCUT2D eigenvalue weighted by Crippen LogP contribution is -2.29. The van der Waals surface area contributed by atoms with Gasteiger partial charge in [0.1, 0.15) is 5.82 Å². The standard InChI is InChI=1S/C17H22FNO2/c1-21-17(20)15-10-13(18)7-8-16(15)19-14-4-2-3-12(9-14)11-5-6-11/h7-8,10-12,14,19H,2-6,9H2,1H3. The topological polar surface area (TPSA) is 38.3 Å². The highest BCUT2D eigenvalue weighted by molar-refractivity contribution is 5.95. The van der Waals surface area contributed by atoms with Crippen molar-refractivity contribution in [2.24, 2.45) is 11.8 Å². The lowest BCUT2D eigenvalue weighted by molar-refractivity contribution is 0.0601. The van der Waals surface area contributed by atoms with Gasteiger partial charge in [0.05, 0.1) is 12.7 Å². The largest absolute Gasteiger partial charge is 0.465 e. The summed E-state index contributed by atoms with van der Waals surface area (Å²) in [4.78, 5) is 11.8. The van der Waals surface area contributed by atoms with Crippen LogP contribution < -0.4 is 5.32 Å². The molecule has 3 rings (SSSR count). The number of carbonyl (C=O) groups is 1. The van der Waals surface area contributed by atoms with Gasteiger partial charge >= 0.3 is 5.97 Å². The van der Waals surface area contributed by atoms with Crippen molar-refractivity contribution < 1.29 is 13.9 Å². The van der Waals surface area contributed by atoms with Crippen LogP contribution in [0.25, 0.3) is 0 Å². The Bertz CT molecular complexity index is 528. The maximum absolute atomic E-state index is 13.4. The van der Waals surface area contributed by atoms with Gasteiger partial charge in [-0.05, 0) is 55.7 Å². The first-order valence-corrected chi connectivity index (χ1v) is 7.82. The van der Waals surface area contributed by atoms with E-state index in [0.717, 1.165) is 24.7 Å². The molecule has 2 aliphatic rings. The Labute approximate surface area is 124 Å². The molecular formula is C17H22FNO2. The van der Waals surface area contributed by atoms with Gasteiger partial charge in [0.2, 0.25) is 0 Å². The van der Waals surface area contributed by atoms with Crippen molar-refractivity contribution in [2.45, 2.75) is 44.6 Å². The summed E-state index contributed by atoms with van der Waals surface area (Å²) in [6.07, 6.45) is 7.58. The molecule has 0 spiro atoms. The quantitative estimate of drug-likeness (QED) is 0.852. The first-order valence-electron chi connectivity index (χ1n) is 7.82. The highest BCUT2D eigenvalue weighted by Crippen LogP contribution is 2.44. The van der Waals surface area contributed by atoms with Crippen LogP contribution in [-0.2, 0) is 4.74 Å². The molecule has 21 heavy (non-hydrogen) atoms. The number of halogens is 1. The molecule has 2 saturated carbocycles. The molecule has 0 amide bonds. The molecule has 0 aromatic heterocycles. The Morgan fingerprint density at radius 3 is 2.76 bits per heavy atom. The number of ether oxygens (including phenoxy) is 1. The fraction of sp³-hybridized carbons (Fsp3) is 0.588. The zero-order chi connectivity index (χ0) is 14.8. The molecule has 0 bridgehead atoms. The van der Waals surface area contributed by atoms with E-state index in [1.165, 1.54) is 44.9 Å². The molecule has 3 nitrogen and oxygen atoms in total. The highest BCUT2D eigenvalue weighted by Gasteiger charge is 2.34. The number of esters is 1. The molecular weight excluding hydrogens is 269 g/mol.